The van der Waals surface area contributed by atoms with Gasteiger partial charge in [-0.2, -0.15) is 5.01 Å². The summed E-state index contributed by atoms with van der Waals surface area (Å²) < 4.78 is 9.96. The average molecular weight is 493 g/mol. The summed E-state index contributed by atoms with van der Waals surface area (Å²) in [6.45, 7) is 0.0970. The lowest BCUT2D eigenvalue weighted by atomic mass is 9.82. The predicted molar refractivity (Wildman–Crippen MR) is 122 cm³/mol. The first-order valence-electron chi connectivity index (χ1n) is 11.0. The Hall–Kier alpha value is -3.12. The summed E-state index contributed by atoms with van der Waals surface area (Å²) in [6, 6.07) is 5.84. The molecule has 1 heterocycles. The molecule has 34 heavy (non-hydrogen) atoms. The maximum Gasteiger partial charge on any atom is 0.344 e. The molecule has 2 aliphatic rings. The Morgan fingerprint density at radius 3 is 2.59 bits per heavy atom. The zero-order valence-electron chi connectivity index (χ0n) is 18.9. The van der Waals surface area contributed by atoms with Gasteiger partial charge in [-0.15, -0.1) is 11.8 Å². The van der Waals surface area contributed by atoms with E-state index in [1.807, 2.05) is 0 Å². The van der Waals surface area contributed by atoms with Crippen molar-refractivity contribution in [1.29, 1.82) is 0 Å². The molecule has 1 aliphatic carbocycles. The number of carbonyl (C=O) groups excluding carboxylic acids is 5. The number of carbonyl (C=O) groups is 5. The Kier molecular flexibility index (Phi) is 8.88. The summed E-state index contributed by atoms with van der Waals surface area (Å²) in [7, 11) is 1.54. The van der Waals surface area contributed by atoms with E-state index in [4.69, 9.17) is 9.47 Å². The van der Waals surface area contributed by atoms with Crippen LogP contribution in [0.1, 0.15) is 42.5 Å². The molecule has 3 N–H and O–H groups in total. The highest BCUT2D eigenvalue weighted by molar-refractivity contribution is 8.00. The highest BCUT2D eigenvalue weighted by Gasteiger charge is 2.52. The number of hydrogen-bond donors (Lipinski definition) is 3. The quantitative estimate of drug-likeness (QED) is 0.190. The van der Waals surface area contributed by atoms with Crippen LogP contribution >= 0.6 is 11.8 Å². The van der Waals surface area contributed by atoms with E-state index in [0.717, 1.165) is 31.0 Å². The fraction of sp³-hybridized carbons (Fsp3) is 0.500. The van der Waals surface area contributed by atoms with Crippen molar-refractivity contribution in [2.75, 3.05) is 32.6 Å². The average Bonchev–Trinajstić information content (AvgIpc) is 3.05. The van der Waals surface area contributed by atoms with Crippen LogP contribution in [0, 0.1) is 0 Å². The van der Waals surface area contributed by atoms with Crippen molar-refractivity contribution in [3.05, 3.63) is 29.8 Å². The highest BCUT2D eigenvalue weighted by Crippen LogP contribution is 2.33. The molecule has 0 radical (unpaired) electrons. The number of hydrazine groups is 1. The lowest BCUT2D eigenvalue weighted by Crippen LogP contribution is -2.51. The minimum atomic E-state index is -0.967. The van der Waals surface area contributed by atoms with Crippen LogP contribution in [0.15, 0.2) is 29.2 Å². The third-order valence-electron chi connectivity index (χ3n) is 5.53. The molecule has 0 aromatic heterocycles. The summed E-state index contributed by atoms with van der Waals surface area (Å²) in [5, 5.41) is 6.03. The van der Waals surface area contributed by atoms with E-state index in [-0.39, 0.29) is 17.2 Å². The molecule has 0 atom stereocenters. The summed E-state index contributed by atoms with van der Waals surface area (Å²) in [4.78, 5) is 62.2. The van der Waals surface area contributed by atoms with Crippen LogP contribution in [0.2, 0.25) is 0 Å². The van der Waals surface area contributed by atoms with Crippen LogP contribution < -0.4 is 16.1 Å². The van der Waals surface area contributed by atoms with Gasteiger partial charge in [0.05, 0.1) is 17.9 Å². The van der Waals surface area contributed by atoms with Crippen molar-refractivity contribution in [3.8, 4) is 0 Å². The Bertz CT molecular complexity index is 949. The molecule has 1 aliphatic heterocycles. The van der Waals surface area contributed by atoms with Crippen LogP contribution in [-0.2, 0) is 23.9 Å². The number of urea groups is 1. The number of amides is 5. The van der Waals surface area contributed by atoms with Crippen molar-refractivity contribution >= 4 is 41.5 Å². The van der Waals surface area contributed by atoms with Crippen molar-refractivity contribution in [1.82, 2.24) is 21.1 Å². The van der Waals surface area contributed by atoms with Gasteiger partial charge < -0.3 is 20.1 Å². The second-order valence-corrected chi connectivity index (χ2v) is 8.97. The largest absolute Gasteiger partial charge is 0.452 e. The van der Waals surface area contributed by atoms with Crippen LogP contribution in [0.25, 0.3) is 0 Å². The van der Waals surface area contributed by atoms with E-state index in [2.05, 4.69) is 16.1 Å². The van der Waals surface area contributed by atoms with Gasteiger partial charge in [0.1, 0.15) is 5.54 Å². The zero-order chi connectivity index (χ0) is 24.6. The number of ether oxygens (including phenoxy) is 2. The van der Waals surface area contributed by atoms with Crippen molar-refractivity contribution in [2.24, 2.45) is 0 Å². The molecule has 184 valence electrons. The Balaban J connectivity index is 1.51. The van der Waals surface area contributed by atoms with Gasteiger partial charge >= 0.3 is 12.0 Å². The number of nitrogens with one attached hydrogen (secondary N) is 3. The molecule has 3 rings (SSSR count). The Morgan fingerprint density at radius 2 is 1.85 bits per heavy atom. The molecule has 1 spiro atoms. The summed E-state index contributed by atoms with van der Waals surface area (Å²) in [5.74, 6) is -2.20. The maximum absolute atomic E-state index is 12.7. The van der Waals surface area contributed by atoms with Crippen LogP contribution in [0.4, 0.5) is 4.79 Å². The lowest BCUT2D eigenvalue weighted by molar-refractivity contribution is -0.140. The molecule has 12 heteroatoms. The molecule has 0 unspecified atom stereocenters. The minimum absolute atomic E-state index is 0.0857. The SMILES string of the molecule is COCCNC(=O)CSc1ccccc1C(=O)OCC(=O)NN1C(=O)NC2(CCCCC2)C1=O. The van der Waals surface area contributed by atoms with Gasteiger partial charge in [0, 0.05) is 18.6 Å². The van der Waals surface area contributed by atoms with E-state index >= 15 is 0 Å². The van der Waals surface area contributed by atoms with Gasteiger partial charge in [0.25, 0.3) is 11.8 Å². The van der Waals surface area contributed by atoms with E-state index < -0.39 is 36.0 Å². The monoisotopic (exact) mass is 492 g/mol. The third-order valence-corrected chi connectivity index (χ3v) is 6.61. The number of hydrogen-bond acceptors (Lipinski definition) is 8. The summed E-state index contributed by atoms with van der Waals surface area (Å²) >= 11 is 1.15. The van der Waals surface area contributed by atoms with Gasteiger partial charge in [-0.05, 0) is 25.0 Å². The second-order valence-electron chi connectivity index (χ2n) is 7.95. The van der Waals surface area contributed by atoms with Crippen molar-refractivity contribution in [2.45, 2.75) is 42.5 Å². The summed E-state index contributed by atoms with van der Waals surface area (Å²) in [5.41, 5.74) is 1.45. The second kappa shape index (κ2) is 11.8. The van der Waals surface area contributed by atoms with Gasteiger partial charge in [-0.3, -0.25) is 19.8 Å². The lowest BCUT2D eigenvalue weighted by Gasteiger charge is -2.30. The summed E-state index contributed by atoms with van der Waals surface area (Å²) in [6.07, 6.45) is 3.68. The van der Waals surface area contributed by atoms with Crippen molar-refractivity contribution in [3.63, 3.8) is 0 Å². The predicted octanol–water partition coefficient (Wildman–Crippen LogP) is 0.984. The number of rotatable bonds is 10. The first-order valence-corrected chi connectivity index (χ1v) is 12.0. The molecule has 2 fully saturated rings. The normalized spacial score (nSPS) is 16.8. The van der Waals surface area contributed by atoms with Gasteiger partial charge in [0.2, 0.25) is 5.91 Å². The molecule has 0 bridgehead atoms. The van der Waals surface area contributed by atoms with Gasteiger partial charge in [-0.25, -0.2) is 9.59 Å². The van der Waals surface area contributed by atoms with E-state index in [1.165, 1.54) is 13.2 Å². The Labute approximate surface area is 201 Å². The fourth-order valence-electron chi connectivity index (χ4n) is 3.83. The number of methoxy groups -OCH3 is 1. The van der Waals surface area contributed by atoms with E-state index in [1.54, 1.807) is 18.2 Å². The smallest absolute Gasteiger partial charge is 0.344 e. The highest BCUT2D eigenvalue weighted by atomic mass is 32.2. The maximum atomic E-state index is 12.7. The van der Waals surface area contributed by atoms with E-state index in [0.29, 0.717) is 35.9 Å². The number of benzene rings is 1. The molecular weight excluding hydrogens is 464 g/mol. The minimum Gasteiger partial charge on any atom is -0.452 e. The number of esters is 1. The number of nitrogens with zero attached hydrogens (tertiary/aromatic N) is 1. The van der Waals surface area contributed by atoms with Crippen LogP contribution in [-0.4, -0.2) is 72.9 Å². The molecule has 5 amide bonds. The first kappa shape index (κ1) is 25.5. The molecule has 11 nitrogen and oxygen atoms in total. The number of thioether (sulfide) groups is 1. The molecule has 1 saturated heterocycles. The van der Waals surface area contributed by atoms with Crippen LogP contribution in [0.5, 0.6) is 0 Å². The molecule has 1 aromatic carbocycles. The number of imide groups is 1. The third kappa shape index (κ3) is 6.26. The fourth-order valence-corrected chi connectivity index (χ4v) is 4.70. The molecular formula is C22H28N4O7S. The Morgan fingerprint density at radius 1 is 1.12 bits per heavy atom. The standard InChI is InChI=1S/C22H28N4O7S/c1-32-12-11-23-18(28)14-34-16-8-4-3-7-15(16)19(29)33-13-17(27)25-26-20(30)22(24-21(26)31)9-5-2-6-10-22/h3-4,7-8H,2,5-6,9-14H2,1H3,(H,23,28)(H,24,31)(H,25,27). The first-order chi connectivity index (χ1) is 16.4. The molecule has 1 saturated carbocycles. The van der Waals surface area contributed by atoms with E-state index in [9.17, 15) is 24.0 Å². The zero-order valence-corrected chi connectivity index (χ0v) is 19.7. The van der Waals surface area contributed by atoms with Crippen LogP contribution in [0.3, 0.4) is 0 Å². The topological polar surface area (TPSA) is 143 Å². The van der Waals surface area contributed by atoms with Crippen molar-refractivity contribution < 1.29 is 33.4 Å². The van der Waals surface area contributed by atoms with Gasteiger partial charge in [0.15, 0.2) is 6.61 Å². The van der Waals surface area contributed by atoms with Gasteiger partial charge in [-0.1, -0.05) is 31.4 Å². The molecule has 1 aromatic rings.